The number of benzene rings is 2. The second-order valence-corrected chi connectivity index (χ2v) is 20.0. The summed E-state index contributed by atoms with van der Waals surface area (Å²) < 4.78 is 43.1. The van der Waals surface area contributed by atoms with Gasteiger partial charge in [-0.15, -0.1) is 0 Å². The number of urea groups is 1. The van der Waals surface area contributed by atoms with Crippen molar-refractivity contribution in [3.05, 3.63) is 109 Å². The predicted molar refractivity (Wildman–Crippen MR) is 305 cm³/mol. The second kappa shape index (κ2) is 34.6. The fourth-order valence-electron chi connectivity index (χ4n) is 8.23. The molecule has 0 unspecified atom stereocenters. The van der Waals surface area contributed by atoms with Crippen molar-refractivity contribution >= 4 is 70.3 Å². The van der Waals surface area contributed by atoms with Gasteiger partial charge in [-0.2, -0.15) is 16.7 Å². The van der Waals surface area contributed by atoms with Gasteiger partial charge < -0.3 is 71.1 Å². The van der Waals surface area contributed by atoms with Crippen molar-refractivity contribution in [3.8, 4) is 11.5 Å². The van der Waals surface area contributed by atoms with Gasteiger partial charge in [0.05, 0.1) is 57.9 Å². The van der Waals surface area contributed by atoms with Crippen molar-refractivity contribution < 1.29 is 52.0 Å². The van der Waals surface area contributed by atoms with Crippen LogP contribution in [0.4, 0.5) is 38.0 Å². The van der Waals surface area contributed by atoms with Gasteiger partial charge in [-0.1, -0.05) is 25.6 Å². The van der Waals surface area contributed by atoms with Crippen LogP contribution in [0.2, 0.25) is 0 Å². The number of carbonyl (C=O) groups excluding carboxylic acids is 5. The predicted octanol–water partition coefficient (Wildman–Crippen LogP) is 6.57. The van der Waals surface area contributed by atoms with Crippen LogP contribution in [0.5, 0.6) is 11.5 Å². The van der Waals surface area contributed by atoms with Crippen LogP contribution in [0.3, 0.4) is 0 Å². The van der Waals surface area contributed by atoms with Crippen molar-refractivity contribution in [3.63, 3.8) is 0 Å². The Morgan fingerprint density at radius 2 is 1.45 bits per heavy atom. The Bertz CT molecular complexity index is 2640. The fraction of sp³-hybridized carbons (Fsp3) is 0.464. The molecule has 24 heteroatoms. The molecule has 6 rings (SSSR count). The third-order valence-corrected chi connectivity index (χ3v) is 13.9. The number of ether oxygens (including phenoxy) is 5. The van der Waals surface area contributed by atoms with Crippen molar-refractivity contribution in [2.45, 2.75) is 75.1 Å². The molecule has 0 bridgehead atoms. The number of amides is 6. The SMILES string of the molecule is C=CC(=O)Nc1cccc(Nc2nc(Nc3ccc(Oc4ccnc(C(=O)N(C)CCOCCNC(=O)CCCC(=C)NCCCOCCOCCOCCCNC(=O)CCCC[C@@H]5SC[C@@H]6NC(=O)N[C@@H]65)c4)cc3)ncc2F)c1. The summed E-state index contributed by atoms with van der Waals surface area (Å²) >= 11 is 1.90. The maximum absolute atomic E-state index is 14.6. The van der Waals surface area contributed by atoms with E-state index in [2.05, 4.69) is 70.6 Å². The number of likely N-dealkylation sites (N-methyl/N-ethyl adjacent to an activating group) is 1. The van der Waals surface area contributed by atoms with Gasteiger partial charge in [0.2, 0.25) is 23.7 Å². The Morgan fingerprint density at radius 1 is 0.750 bits per heavy atom. The summed E-state index contributed by atoms with van der Waals surface area (Å²) in [5.41, 5.74) is 2.65. The first-order valence-electron chi connectivity index (χ1n) is 27.0. The fourth-order valence-corrected chi connectivity index (χ4v) is 9.77. The molecule has 432 valence electrons. The lowest BCUT2D eigenvalue weighted by Gasteiger charge is -2.17. The number of pyridine rings is 1. The zero-order valence-electron chi connectivity index (χ0n) is 45.4. The molecular formula is C56H75FN12O10S. The first-order valence-corrected chi connectivity index (χ1v) is 28.0. The molecule has 80 heavy (non-hydrogen) atoms. The van der Waals surface area contributed by atoms with Gasteiger partial charge >= 0.3 is 6.03 Å². The molecule has 4 aromatic rings. The van der Waals surface area contributed by atoms with Gasteiger partial charge in [-0.3, -0.25) is 24.2 Å². The van der Waals surface area contributed by atoms with Crippen LogP contribution in [-0.2, 0) is 33.3 Å². The lowest BCUT2D eigenvalue weighted by atomic mass is 10.0. The standard InChI is InChI=1S/C56H75FN12O10S/c1-4-49(70)63-41-12-8-13-42(35-41)64-53-45(57)37-62-55(68-53)65-40-17-19-43(20-18-40)79-44-21-24-59-46(36-44)54(73)69(3)26-30-77-29-25-61-51(72)16-7-11-39(2)58-22-9-27-75-31-33-78-34-32-76-28-10-23-60-50(71)15-6-5-14-48-52-47(38-80-48)66-56(74)67-52/h4,8,12-13,17-21,24,35-37,47-48,52,58H,1-2,5-7,9-11,14-16,22-23,25-34,38H2,3H3,(H,60,71)(H,61,72)(H,63,70)(H2,66,67,74)(H2,62,64,65,68)/t47-,48-,52-/m0/s1. The summed E-state index contributed by atoms with van der Waals surface area (Å²) in [7, 11) is 1.65. The minimum atomic E-state index is -0.674. The number of nitrogens with zero attached hydrogens (tertiary/aromatic N) is 4. The van der Waals surface area contributed by atoms with Crippen LogP contribution in [0.1, 0.15) is 68.3 Å². The van der Waals surface area contributed by atoms with E-state index in [1.54, 1.807) is 67.7 Å². The number of hydrogen-bond donors (Lipinski definition) is 8. The van der Waals surface area contributed by atoms with Crippen LogP contribution in [0, 0.1) is 5.82 Å². The highest BCUT2D eigenvalue weighted by Crippen LogP contribution is 2.33. The van der Waals surface area contributed by atoms with E-state index in [0.717, 1.165) is 55.8 Å². The molecule has 4 heterocycles. The van der Waals surface area contributed by atoms with Gasteiger partial charge in [-0.05, 0) is 93.1 Å². The third kappa shape index (κ3) is 22.8. The average Bonchev–Trinajstić information content (AvgIpc) is 4.04. The van der Waals surface area contributed by atoms with Crippen LogP contribution in [0.15, 0.2) is 98.0 Å². The van der Waals surface area contributed by atoms with E-state index in [0.29, 0.717) is 132 Å². The largest absolute Gasteiger partial charge is 0.457 e. The molecule has 0 saturated carbocycles. The highest BCUT2D eigenvalue weighted by molar-refractivity contribution is 8.00. The smallest absolute Gasteiger partial charge is 0.315 e. The zero-order valence-corrected chi connectivity index (χ0v) is 46.2. The number of rotatable bonds is 39. The molecule has 2 aromatic heterocycles. The Kier molecular flexibility index (Phi) is 26.7. The molecule has 6 amide bonds. The molecular weight excluding hydrogens is 1050 g/mol. The Hall–Kier alpha value is -7.38. The number of allylic oxidation sites excluding steroid dienone is 1. The number of anilines is 5. The molecule has 2 aromatic carbocycles. The van der Waals surface area contributed by atoms with Crippen LogP contribution >= 0.6 is 11.8 Å². The molecule has 3 atom stereocenters. The van der Waals surface area contributed by atoms with Gasteiger partial charge in [0.25, 0.3) is 5.91 Å². The van der Waals surface area contributed by atoms with Crippen molar-refractivity contribution in [2.75, 3.05) is 108 Å². The zero-order chi connectivity index (χ0) is 56.7. The summed E-state index contributed by atoms with van der Waals surface area (Å²) in [6.45, 7) is 13.1. The molecule has 22 nitrogen and oxygen atoms in total. The van der Waals surface area contributed by atoms with E-state index in [1.165, 1.54) is 11.1 Å². The maximum atomic E-state index is 14.6. The van der Waals surface area contributed by atoms with E-state index in [9.17, 15) is 28.4 Å². The van der Waals surface area contributed by atoms with Crippen molar-refractivity contribution in [2.24, 2.45) is 0 Å². The highest BCUT2D eigenvalue weighted by atomic mass is 32.2. The normalized spacial score (nSPS) is 15.2. The number of fused-ring (bicyclic) bond motifs is 1. The summed E-state index contributed by atoms with van der Waals surface area (Å²) in [5.74, 6) is 0.521. The van der Waals surface area contributed by atoms with Gasteiger partial charge in [0.1, 0.15) is 17.2 Å². The van der Waals surface area contributed by atoms with Gasteiger partial charge in [0.15, 0.2) is 11.6 Å². The van der Waals surface area contributed by atoms with Crippen molar-refractivity contribution in [1.29, 1.82) is 0 Å². The number of thioether (sulfide) groups is 1. The summed E-state index contributed by atoms with van der Waals surface area (Å²) in [5, 5.41) is 24.1. The minimum Gasteiger partial charge on any atom is -0.457 e. The molecule has 2 fully saturated rings. The van der Waals surface area contributed by atoms with Crippen molar-refractivity contribution in [1.82, 2.24) is 46.4 Å². The molecule has 8 N–H and O–H groups in total. The van der Waals surface area contributed by atoms with Gasteiger partial charge in [-0.25, -0.2) is 14.2 Å². The summed E-state index contributed by atoms with van der Waals surface area (Å²) in [6, 6.07) is 17.1. The van der Waals surface area contributed by atoms with E-state index < -0.39 is 5.82 Å². The van der Waals surface area contributed by atoms with Crippen LogP contribution < -0.4 is 47.3 Å². The topological polar surface area (TPSA) is 270 Å². The third-order valence-electron chi connectivity index (χ3n) is 12.4. The number of unbranched alkanes of at least 4 members (excludes halogenated alkanes) is 1. The first kappa shape index (κ1) is 61.8. The van der Waals surface area contributed by atoms with E-state index in [-0.39, 0.29) is 65.8 Å². The quantitative estimate of drug-likeness (QED) is 0.0133. The average molecular weight is 1130 g/mol. The summed E-state index contributed by atoms with van der Waals surface area (Å²) in [6.07, 6.45) is 10.2. The minimum absolute atomic E-state index is 0.0642. The number of carbonyl (C=O) groups is 5. The molecule has 2 saturated heterocycles. The van der Waals surface area contributed by atoms with E-state index >= 15 is 0 Å². The Balaban J connectivity index is 0.704. The number of hydrogen-bond acceptors (Lipinski definition) is 17. The van der Waals surface area contributed by atoms with E-state index in [1.807, 2.05) is 11.8 Å². The molecule has 0 radical (unpaired) electrons. The molecule has 2 aliphatic heterocycles. The van der Waals surface area contributed by atoms with E-state index in [4.69, 9.17) is 23.7 Å². The lowest BCUT2D eigenvalue weighted by Crippen LogP contribution is -2.36. The Morgan fingerprint density at radius 3 is 2.21 bits per heavy atom. The van der Waals surface area contributed by atoms with Crippen LogP contribution in [-0.4, -0.2) is 159 Å². The second-order valence-electron chi connectivity index (χ2n) is 18.8. The maximum Gasteiger partial charge on any atom is 0.315 e. The van der Waals surface area contributed by atoms with Crippen LogP contribution in [0.25, 0.3) is 0 Å². The molecule has 2 aliphatic rings. The lowest BCUT2D eigenvalue weighted by molar-refractivity contribution is -0.122. The Labute approximate surface area is 470 Å². The number of aromatic nitrogens is 3. The van der Waals surface area contributed by atoms with Gasteiger partial charge in [0, 0.05) is 105 Å². The monoisotopic (exact) mass is 1130 g/mol. The highest BCUT2D eigenvalue weighted by Gasteiger charge is 2.42. The molecule has 0 aliphatic carbocycles. The number of nitrogens with one attached hydrogen (secondary N) is 8. The number of halogens is 1. The summed E-state index contributed by atoms with van der Waals surface area (Å²) in [4.78, 5) is 74.9. The first-order chi connectivity index (χ1) is 38.9. The molecule has 0 spiro atoms.